The molecular weight excluding hydrogens is 593 g/mol. The Balaban J connectivity index is 1.67. The Morgan fingerprint density at radius 3 is 2.06 bits per heavy atom. The minimum Gasteiger partial charge on any atom is -0.407 e. The highest BCUT2D eigenvalue weighted by molar-refractivity contribution is 6.99. The van der Waals surface area contributed by atoms with Gasteiger partial charge < -0.3 is 13.7 Å². The van der Waals surface area contributed by atoms with E-state index in [-0.39, 0.29) is 16.6 Å². The van der Waals surface area contributed by atoms with E-state index in [1.54, 1.807) is 7.11 Å². The second-order valence-corrected chi connectivity index (χ2v) is 18.8. The molecule has 4 nitrogen and oxygen atoms in total. The standard InChI is InChI=1S/C42H52N2O2Si/c1-10-19-32-25-26-38-36(28-32)37(40(44(38)11-2)35-24-18-27-43-39(35)31(3)45-9)29-42(7,8)30-46-47(41(4,5)6,33-20-14-12-15-21-33)34-22-16-13-17-23-34/h10,12-28,31H,11,29-30H2,1-9H3/b19-10+/t31-/m0/s1. The first-order chi connectivity index (χ1) is 22.5. The van der Waals surface area contributed by atoms with E-state index >= 15 is 0 Å². The van der Waals surface area contributed by atoms with Gasteiger partial charge in [-0.25, -0.2) is 0 Å². The van der Waals surface area contributed by atoms with E-state index in [9.17, 15) is 0 Å². The van der Waals surface area contributed by atoms with Crippen molar-refractivity contribution in [3.63, 3.8) is 0 Å². The fourth-order valence-electron chi connectivity index (χ4n) is 7.20. The van der Waals surface area contributed by atoms with Crippen molar-refractivity contribution in [2.75, 3.05) is 13.7 Å². The molecule has 0 spiro atoms. The molecule has 0 bridgehead atoms. The summed E-state index contributed by atoms with van der Waals surface area (Å²) in [5.74, 6) is 0. The Morgan fingerprint density at radius 2 is 1.51 bits per heavy atom. The van der Waals surface area contributed by atoms with Crippen LogP contribution >= 0.6 is 0 Å². The summed E-state index contributed by atoms with van der Waals surface area (Å²) in [6.45, 7) is 19.6. The Kier molecular flexibility index (Phi) is 10.4. The molecule has 0 unspecified atom stereocenters. The topological polar surface area (TPSA) is 36.3 Å². The van der Waals surface area contributed by atoms with Crippen LogP contribution in [0.3, 0.4) is 0 Å². The van der Waals surface area contributed by atoms with Crippen molar-refractivity contribution in [3.8, 4) is 11.3 Å². The van der Waals surface area contributed by atoms with Gasteiger partial charge in [-0.3, -0.25) is 4.98 Å². The lowest BCUT2D eigenvalue weighted by atomic mass is 9.84. The first-order valence-corrected chi connectivity index (χ1v) is 18.9. The van der Waals surface area contributed by atoms with Gasteiger partial charge in [0.05, 0.1) is 17.5 Å². The Morgan fingerprint density at radius 1 is 0.872 bits per heavy atom. The number of aromatic nitrogens is 2. The summed E-state index contributed by atoms with van der Waals surface area (Å²) in [5, 5.41) is 3.82. The number of allylic oxidation sites excluding steroid dienone is 1. The number of hydrogen-bond acceptors (Lipinski definition) is 3. The molecule has 0 radical (unpaired) electrons. The van der Waals surface area contributed by atoms with Crippen molar-refractivity contribution in [3.05, 3.63) is 120 Å². The summed E-state index contributed by atoms with van der Waals surface area (Å²) in [6.07, 6.45) is 6.89. The van der Waals surface area contributed by atoms with E-state index in [1.165, 1.54) is 38.1 Å². The highest BCUT2D eigenvalue weighted by Crippen LogP contribution is 2.42. The van der Waals surface area contributed by atoms with Crippen molar-refractivity contribution in [1.82, 2.24) is 9.55 Å². The van der Waals surface area contributed by atoms with E-state index in [0.717, 1.165) is 24.2 Å². The number of fused-ring (bicyclic) bond motifs is 1. The number of pyridine rings is 1. The minimum atomic E-state index is -2.70. The summed E-state index contributed by atoms with van der Waals surface area (Å²) < 4.78 is 15.8. The molecule has 47 heavy (non-hydrogen) atoms. The van der Waals surface area contributed by atoms with Crippen LogP contribution in [0.4, 0.5) is 0 Å². The predicted octanol–water partition coefficient (Wildman–Crippen LogP) is 9.61. The first kappa shape index (κ1) is 34.6. The highest BCUT2D eigenvalue weighted by Gasteiger charge is 2.50. The van der Waals surface area contributed by atoms with Crippen LogP contribution in [0.2, 0.25) is 5.04 Å². The van der Waals surface area contributed by atoms with Gasteiger partial charge in [-0.05, 0) is 83.4 Å². The monoisotopic (exact) mass is 644 g/mol. The van der Waals surface area contributed by atoms with Crippen molar-refractivity contribution in [2.45, 2.75) is 79.5 Å². The number of methoxy groups -OCH3 is 1. The molecule has 5 aromatic rings. The largest absolute Gasteiger partial charge is 0.407 e. The molecule has 0 aliphatic heterocycles. The molecule has 0 N–H and O–H groups in total. The molecule has 1 atom stereocenters. The smallest absolute Gasteiger partial charge is 0.261 e. The number of benzene rings is 3. The van der Waals surface area contributed by atoms with Gasteiger partial charge in [0, 0.05) is 42.9 Å². The normalized spacial score (nSPS) is 13.5. The zero-order chi connectivity index (χ0) is 33.8. The number of aryl methyl sites for hydroxylation is 1. The number of ether oxygens (including phenoxy) is 1. The van der Waals surface area contributed by atoms with Crippen LogP contribution in [0.15, 0.2) is 103 Å². The molecule has 5 heteroatoms. The van der Waals surface area contributed by atoms with Crippen LogP contribution in [0.5, 0.6) is 0 Å². The fraction of sp³-hybridized carbons (Fsp3) is 0.357. The Hall–Kier alpha value is -3.77. The van der Waals surface area contributed by atoms with E-state index in [4.69, 9.17) is 14.1 Å². The van der Waals surface area contributed by atoms with Crippen LogP contribution in [-0.4, -0.2) is 31.6 Å². The SMILES string of the molecule is C/C=C/c1ccc2c(c1)c(CC(C)(C)CO[Si](c1ccccc1)(c1ccccc1)C(C)(C)C)c(-c1cccnc1[C@H](C)OC)n2CC. The third kappa shape index (κ3) is 6.80. The van der Waals surface area contributed by atoms with Gasteiger partial charge in [-0.15, -0.1) is 0 Å². The molecule has 246 valence electrons. The van der Waals surface area contributed by atoms with Crippen LogP contribution in [-0.2, 0) is 22.1 Å². The van der Waals surface area contributed by atoms with Gasteiger partial charge in [0.25, 0.3) is 8.32 Å². The molecule has 2 aromatic heterocycles. The molecule has 0 saturated heterocycles. The molecule has 0 fully saturated rings. The lowest BCUT2D eigenvalue weighted by molar-refractivity contribution is 0.116. The van der Waals surface area contributed by atoms with E-state index in [1.807, 2.05) is 12.3 Å². The van der Waals surface area contributed by atoms with Crippen LogP contribution < -0.4 is 10.4 Å². The maximum atomic E-state index is 7.52. The summed E-state index contributed by atoms with van der Waals surface area (Å²) in [5.41, 5.74) is 6.93. The maximum absolute atomic E-state index is 7.52. The van der Waals surface area contributed by atoms with Crippen molar-refractivity contribution >= 4 is 35.7 Å². The van der Waals surface area contributed by atoms with Crippen LogP contribution in [0.25, 0.3) is 28.2 Å². The lowest BCUT2D eigenvalue weighted by Crippen LogP contribution is -2.67. The fourth-order valence-corrected chi connectivity index (χ4v) is 12.0. The highest BCUT2D eigenvalue weighted by atomic mass is 28.4. The first-order valence-electron chi connectivity index (χ1n) is 17.0. The summed E-state index contributed by atoms with van der Waals surface area (Å²) in [4.78, 5) is 4.85. The molecule has 2 heterocycles. The van der Waals surface area contributed by atoms with Crippen molar-refractivity contribution in [2.24, 2.45) is 5.41 Å². The van der Waals surface area contributed by atoms with Gasteiger partial charge in [0.2, 0.25) is 0 Å². The quantitative estimate of drug-likeness (QED) is 0.127. The maximum Gasteiger partial charge on any atom is 0.261 e. The molecule has 3 aromatic carbocycles. The van der Waals surface area contributed by atoms with Crippen LogP contribution in [0, 0.1) is 5.41 Å². The summed E-state index contributed by atoms with van der Waals surface area (Å²) >= 11 is 0. The molecule has 5 rings (SSSR count). The van der Waals surface area contributed by atoms with E-state index in [2.05, 4.69) is 157 Å². The lowest BCUT2D eigenvalue weighted by Gasteiger charge is -2.44. The summed E-state index contributed by atoms with van der Waals surface area (Å²) in [7, 11) is -0.941. The van der Waals surface area contributed by atoms with Crippen molar-refractivity contribution < 1.29 is 9.16 Å². The summed E-state index contributed by atoms with van der Waals surface area (Å²) in [6, 6.07) is 33.0. The average Bonchev–Trinajstić information content (AvgIpc) is 3.36. The predicted molar refractivity (Wildman–Crippen MR) is 202 cm³/mol. The van der Waals surface area contributed by atoms with Gasteiger partial charge in [-0.1, -0.05) is 114 Å². The molecule has 0 saturated carbocycles. The van der Waals surface area contributed by atoms with Crippen molar-refractivity contribution in [1.29, 1.82) is 0 Å². The second kappa shape index (κ2) is 14.1. The Bertz CT molecular complexity index is 1780. The Labute approximate surface area is 283 Å². The molecule has 0 aliphatic rings. The van der Waals surface area contributed by atoms with E-state index < -0.39 is 8.32 Å². The minimum absolute atomic E-state index is 0.0858. The third-order valence-corrected chi connectivity index (χ3v) is 14.4. The number of hydrogen-bond donors (Lipinski definition) is 0. The molecule has 0 aliphatic carbocycles. The second-order valence-electron chi connectivity index (χ2n) is 14.5. The zero-order valence-corrected chi connectivity index (χ0v) is 30.8. The van der Waals surface area contributed by atoms with E-state index in [0.29, 0.717) is 6.61 Å². The van der Waals surface area contributed by atoms with Gasteiger partial charge in [0.15, 0.2) is 0 Å². The average molecular weight is 645 g/mol. The molecular formula is C42H52N2O2Si. The van der Waals surface area contributed by atoms with Gasteiger partial charge in [-0.2, -0.15) is 0 Å². The zero-order valence-electron chi connectivity index (χ0n) is 29.8. The number of nitrogens with zero attached hydrogens (tertiary/aromatic N) is 2. The number of rotatable bonds is 12. The molecule has 0 amide bonds. The van der Waals surface area contributed by atoms with Crippen LogP contribution in [0.1, 0.15) is 78.3 Å². The third-order valence-electron chi connectivity index (χ3n) is 9.45. The van der Waals surface area contributed by atoms with Gasteiger partial charge in [0.1, 0.15) is 0 Å². The van der Waals surface area contributed by atoms with Gasteiger partial charge >= 0.3 is 0 Å².